The minimum Gasteiger partial charge on any atom is -0.490 e. The van der Waals surface area contributed by atoms with Crippen LogP contribution in [0.1, 0.15) is 28.1 Å². The normalized spacial score (nSPS) is 12.8. The van der Waals surface area contributed by atoms with Gasteiger partial charge in [-0.15, -0.1) is 0 Å². The Morgan fingerprint density at radius 1 is 0.703 bits per heavy atom. The number of carbonyl (C=O) groups excluding carboxylic acids is 1. The Bertz CT molecular complexity index is 1490. The molecule has 0 radical (unpaired) electrons. The second-order valence-electron chi connectivity index (χ2n) is 9.19. The molecule has 0 atom stereocenters. The number of amides is 1. The highest BCUT2D eigenvalue weighted by atomic mass is 16.5. The van der Waals surface area contributed by atoms with E-state index in [-0.39, 0.29) is 5.91 Å². The van der Waals surface area contributed by atoms with Gasteiger partial charge in [0.15, 0.2) is 11.5 Å². The Labute approximate surface area is 215 Å². The third-order valence-corrected chi connectivity index (χ3v) is 6.54. The van der Waals surface area contributed by atoms with Crippen LogP contribution in [-0.2, 0) is 13.1 Å². The zero-order valence-corrected chi connectivity index (χ0v) is 20.4. The van der Waals surface area contributed by atoms with E-state index in [1.54, 1.807) is 12.1 Å². The van der Waals surface area contributed by atoms with Gasteiger partial charge in [0.2, 0.25) is 0 Å². The van der Waals surface area contributed by atoms with E-state index in [4.69, 9.17) is 13.9 Å². The molecule has 1 amide bonds. The highest BCUT2D eigenvalue weighted by Gasteiger charge is 2.21. The molecule has 0 saturated carbocycles. The van der Waals surface area contributed by atoms with Crippen LogP contribution in [0.4, 0.5) is 0 Å². The summed E-state index contributed by atoms with van der Waals surface area (Å²) in [4.78, 5) is 15.6. The first-order chi connectivity index (χ1) is 18.2. The van der Waals surface area contributed by atoms with E-state index >= 15 is 0 Å². The second-order valence-corrected chi connectivity index (χ2v) is 9.19. The van der Waals surface area contributed by atoms with Gasteiger partial charge in [-0.2, -0.15) is 0 Å². The molecule has 0 unspecified atom stereocenters. The molecule has 1 aliphatic rings. The molecule has 5 aromatic rings. The summed E-state index contributed by atoms with van der Waals surface area (Å²) in [6.45, 7) is 1.97. The first kappa shape index (κ1) is 22.9. The molecule has 6 rings (SSSR count). The van der Waals surface area contributed by atoms with E-state index < -0.39 is 0 Å². The summed E-state index contributed by atoms with van der Waals surface area (Å²) in [5, 5.41) is 1.02. The number of hydrogen-bond donors (Lipinski definition) is 0. The van der Waals surface area contributed by atoms with E-state index in [0.29, 0.717) is 43.4 Å². The lowest BCUT2D eigenvalue weighted by Gasteiger charge is -2.23. The molecular weight excluding hydrogens is 462 g/mol. The standard InChI is InChI=1S/C32H27NO4/c34-32(27-15-16-30-31(20-27)36-18-6-17-35-30)33(22-28-19-26-9-4-5-10-29(26)37-28)21-23-11-13-25(14-12-23)24-7-2-1-3-8-24/h1-5,7-16,19-20H,6,17-18,21-22H2. The van der Waals surface area contributed by atoms with Crippen LogP contribution in [-0.4, -0.2) is 24.0 Å². The van der Waals surface area contributed by atoms with Crippen LogP contribution < -0.4 is 9.47 Å². The monoisotopic (exact) mass is 489 g/mol. The van der Waals surface area contributed by atoms with E-state index in [9.17, 15) is 4.79 Å². The zero-order valence-electron chi connectivity index (χ0n) is 20.4. The third kappa shape index (κ3) is 5.07. The van der Waals surface area contributed by atoms with Crippen LogP contribution in [0.25, 0.3) is 22.1 Å². The van der Waals surface area contributed by atoms with Crippen LogP contribution in [0.5, 0.6) is 11.5 Å². The first-order valence-corrected chi connectivity index (χ1v) is 12.5. The maximum atomic E-state index is 13.8. The van der Waals surface area contributed by atoms with Crippen molar-refractivity contribution in [3.63, 3.8) is 0 Å². The van der Waals surface area contributed by atoms with Gasteiger partial charge >= 0.3 is 0 Å². The van der Waals surface area contributed by atoms with Crippen molar-refractivity contribution in [3.05, 3.63) is 120 Å². The van der Waals surface area contributed by atoms with Crippen molar-refractivity contribution >= 4 is 16.9 Å². The summed E-state index contributed by atoms with van der Waals surface area (Å²) in [5.41, 5.74) is 4.71. The van der Waals surface area contributed by atoms with Gasteiger partial charge < -0.3 is 18.8 Å². The number of benzene rings is 4. The van der Waals surface area contributed by atoms with Crippen molar-refractivity contribution in [2.24, 2.45) is 0 Å². The number of rotatable bonds is 6. The smallest absolute Gasteiger partial charge is 0.254 e. The van der Waals surface area contributed by atoms with E-state index in [1.165, 1.54) is 0 Å². The largest absolute Gasteiger partial charge is 0.490 e. The molecule has 5 heteroatoms. The van der Waals surface area contributed by atoms with Crippen LogP contribution in [0.2, 0.25) is 0 Å². The molecule has 0 aliphatic carbocycles. The highest BCUT2D eigenvalue weighted by molar-refractivity contribution is 5.95. The fourth-order valence-electron chi connectivity index (χ4n) is 4.63. The SMILES string of the molecule is O=C(c1ccc2c(c1)OCCCO2)N(Cc1ccc(-c2ccccc2)cc1)Cc1cc2ccccc2o1. The maximum Gasteiger partial charge on any atom is 0.254 e. The number of carbonyl (C=O) groups is 1. The Morgan fingerprint density at radius 3 is 2.24 bits per heavy atom. The Morgan fingerprint density at radius 2 is 1.43 bits per heavy atom. The van der Waals surface area contributed by atoms with Crippen molar-refractivity contribution in [1.82, 2.24) is 4.90 Å². The summed E-state index contributed by atoms with van der Waals surface area (Å²) in [6, 6.07) is 33.9. The molecule has 37 heavy (non-hydrogen) atoms. The van der Waals surface area contributed by atoms with Crippen molar-refractivity contribution in [3.8, 4) is 22.6 Å². The second kappa shape index (κ2) is 10.2. The summed E-state index contributed by atoms with van der Waals surface area (Å²) in [7, 11) is 0. The molecule has 0 N–H and O–H groups in total. The maximum absolute atomic E-state index is 13.8. The van der Waals surface area contributed by atoms with Crippen LogP contribution >= 0.6 is 0 Å². The Kier molecular flexibility index (Phi) is 6.34. The summed E-state index contributed by atoms with van der Waals surface area (Å²) >= 11 is 0. The van der Waals surface area contributed by atoms with Crippen LogP contribution in [0.3, 0.4) is 0 Å². The molecule has 184 valence electrons. The zero-order chi connectivity index (χ0) is 25.0. The van der Waals surface area contributed by atoms with Crippen molar-refractivity contribution in [2.45, 2.75) is 19.5 Å². The predicted octanol–water partition coefficient (Wildman–Crippen LogP) is 7.10. The molecule has 4 aromatic carbocycles. The van der Waals surface area contributed by atoms with E-state index in [2.05, 4.69) is 36.4 Å². The van der Waals surface area contributed by atoms with Gasteiger partial charge in [-0.1, -0.05) is 72.8 Å². The average Bonchev–Trinajstić information content (AvgIpc) is 3.21. The van der Waals surface area contributed by atoms with Gasteiger partial charge in [-0.05, 0) is 47.0 Å². The fourth-order valence-corrected chi connectivity index (χ4v) is 4.63. The van der Waals surface area contributed by atoms with Gasteiger partial charge in [0, 0.05) is 23.9 Å². The van der Waals surface area contributed by atoms with Crippen LogP contribution in [0, 0.1) is 0 Å². The Hall–Kier alpha value is -4.51. The molecule has 2 heterocycles. The number of ether oxygens (including phenoxy) is 2. The lowest BCUT2D eigenvalue weighted by atomic mass is 10.0. The lowest BCUT2D eigenvalue weighted by Crippen LogP contribution is -2.30. The molecule has 0 spiro atoms. The Balaban J connectivity index is 1.29. The van der Waals surface area contributed by atoms with E-state index in [1.807, 2.05) is 59.5 Å². The highest BCUT2D eigenvalue weighted by Crippen LogP contribution is 2.31. The van der Waals surface area contributed by atoms with Crippen molar-refractivity contribution in [1.29, 1.82) is 0 Å². The lowest BCUT2D eigenvalue weighted by molar-refractivity contribution is 0.0718. The van der Waals surface area contributed by atoms with E-state index in [0.717, 1.165) is 39.8 Å². The molecule has 0 fully saturated rings. The summed E-state index contributed by atoms with van der Waals surface area (Å²) in [5.74, 6) is 1.93. The van der Waals surface area contributed by atoms with Crippen molar-refractivity contribution in [2.75, 3.05) is 13.2 Å². The first-order valence-electron chi connectivity index (χ1n) is 12.5. The molecule has 1 aromatic heterocycles. The van der Waals surface area contributed by atoms with Gasteiger partial charge in [-0.3, -0.25) is 4.79 Å². The molecule has 1 aliphatic heterocycles. The number of furan rings is 1. The van der Waals surface area contributed by atoms with Gasteiger partial charge in [0.05, 0.1) is 19.8 Å². The minimum absolute atomic E-state index is 0.0942. The minimum atomic E-state index is -0.0942. The molecular formula is C32H27NO4. The van der Waals surface area contributed by atoms with Crippen molar-refractivity contribution < 1.29 is 18.7 Å². The fraction of sp³-hybridized carbons (Fsp3) is 0.156. The number of hydrogen-bond acceptors (Lipinski definition) is 4. The van der Waals surface area contributed by atoms with Gasteiger partial charge in [0.1, 0.15) is 11.3 Å². The number of fused-ring (bicyclic) bond motifs is 2. The topological polar surface area (TPSA) is 51.9 Å². The van der Waals surface area contributed by atoms with Gasteiger partial charge in [0.25, 0.3) is 5.91 Å². The molecule has 0 saturated heterocycles. The summed E-state index contributed by atoms with van der Waals surface area (Å²) in [6.07, 6.45) is 0.815. The summed E-state index contributed by atoms with van der Waals surface area (Å²) < 4.78 is 17.7. The quantitative estimate of drug-likeness (QED) is 0.255. The average molecular weight is 490 g/mol. The third-order valence-electron chi connectivity index (χ3n) is 6.54. The number of nitrogens with zero attached hydrogens (tertiary/aromatic N) is 1. The van der Waals surface area contributed by atoms with Crippen LogP contribution in [0.15, 0.2) is 108 Å². The number of para-hydroxylation sites is 1. The molecule has 5 nitrogen and oxygen atoms in total. The van der Waals surface area contributed by atoms with Gasteiger partial charge in [-0.25, -0.2) is 0 Å². The molecule has 0 bridgehead atoms. The predicted molar refractivity (Wildman–Crippen MR) is 144 cm³/mol.